The van der Waals surface area contributed by atoms with Gasteiger partial charge in [-0.15, -0.1) is 0 Å². The molecule has 5 nitrogen and oxygen atoms in total. The zero-order valence-corrected chi connectivity index (χ0v) is 11.0. The highest BCUT2D eigenvalue weighted by atomic mass is 19.4. The SMILES string of the molecule is Nc1ccc(C(=O)N2CCCNC(=O)C2)cc1C(F)(F)F. The molecule has 0 spiro atoms. The summed E-state index contributed by atoms with van der Waals surface area (Å²) in [6.07, 6.45) is -4.07. The van der Waals surface area contributed by atoms with Crippen LogP contribution >= 0.6 is 0 Å². The maximum absolute atomic E-state index is 12.8. The number of hydrogen-bond donors (Lipinski definition) is 2. The average molecular weight is 301 g/mol. The van der Waals surface area contributed by atoms with Crippen molar-refractivity contribution in [2.45, 2.75) is 12.6 Å². The van der Waals surface area contributed by atoms with E-state index in [0.29, 0.717) is 19.5 Å². The molecular weight excluding hydrogens is 287 g/mol. The number of nitrogen functional groups attached to an aromatic ring is 1. The van der Waals surface area contributed by atoms with E-state index in [0.717, 1.165) is 12.1 Å². The molecule has 0 bridgehead atoms. The Hall–Kier alpha value is -2.25. The predicted octanol–water partition coefficient (Wildman–Crippen LogP) is 1.25. The summed E-state index contributed by atoms with van der Waals surface area (Å²) in [5, 5.41) is 2.59. The van der Waals surface area contributed by atoms with E-state index in [9.17, 15) is 22.8 Å². The van der Waals surface area contributed by atoms with Crippen LogP contribution in [0.5, 0.6) is 0 Å². The fraction of sp³-hybridized carbons (Fsp3) is 0.385. The number of benzene rings is 1. The summed E-state index contributed by atoms with van der Waals surface area (Å²) in [6, 6.07) is 3.00. The average Bonchev–Trinajstić information content (AvgIpc) is 2.62. The molecule has 1 aliphatic heterocycles. The van der Waals surface area contributed by atoms with Gasteiger partial charge in [-0.2, -0.15) is 13.2 Å². The lowest BCUT2D eigenvalue weighted by molar-refractivity contribution is -0.137. The summed E-state index contributed by atoms with van der Waals surface area (Å²) >= 11 is 0. The monoisotopic (exact) mass is 301 g/mol. The van der Waals surface area contributed by atoms with E-state index in [1.807, 2.05) is 0 Å². The van der Waals surface area contributed by atoms with Crippen LogP contribution in [0.3, 0.4) is 0 Å². The van der Waals surface area contributed by atoms with Crippen LogP contribution in [0.25, 0.3) is 0 Å². The van der Waals surface area contributed by atoms with Gasteiger partial charge in [0.05, 0.1) is 12.1 Å². The number of alkyl halides is 3. The molecule has 3 N–H and O–H groups in total. The van der Waals surface area contributed by atoms with Crippen LogP contribution in [0, 0.1) is 0 Å². The largest absolute Gasteiger partial charge is 0.418 e. The van der Waals surface area contributed by atoms with E-state index >= 15 is 0 Å². The summed E-state index contributed by atoms with van der Waals surface area (Å²) < 4.78 is 38.4. The van der Waals surface area contributed by atoms with E-state index < -0.39 is 23.3 Å². The standard InChI is InChI=1S/C13H14F3N3O2/c14-13(15,16)9-6-8(2-3-10(9)17)12(21)19-5-1-4-18-11(20)7-19/h2-3,6H,1,4-5,7,17H2,(H,18,20). The summed E-state index contributed by atoms with van der Waals surface area (Å²) in [5.74, 6) is -0.940. The molecule has 1 saturated heterocycles. The first-order valence-corrected chi connectivity index (χ1v) is 6.32. The van der Waals surface area contributed by atoms with Crippen molar-refractivity contribution in [2.75, 3.05) is 25.4 Å². The molecule has 0 atom stereocenters. The van der Waals surface area contributed by atoms with Gasteiger partial charge in [0.25, 0.3) is 5.91 Å². The third kappa shape index (κ3) is 3.45. The van der Waals surface area contributed by atoms with Crippen molar-refractivity contribution in [1.82, 2.24) is 10.2 Å². The summed E-state index contributed by atoms with van der Waals surface area (Å²) in [6.45, 7) is 0.589. The van der Waals surface area contributed by atoms with E-state index in [1.165, 1.54) is 11.0 Å². The Morgan fingerprint density at radius 1 is 1.33 bits per heavy atom. The summed E-state index contributed by atoms with van der Waals surface area (Å²) in [5.41, 5.74) is 3.67. The van der Waals surface area contributed by atoms with Crippen molar-refractivity contribution in [3.63, 3.8) is 0 Å². The number of hydrogen-bond acceptors (Lipinski definition) is 3. The van der Waals surface area contributed by atoms with Crippen LogP contribution in [0.1, 0.15) is 22.3 Å². The number of nitrogens with zero attached hydrogens (tertiary/aromatic N) is 1. The van der Waals surface area contributed by atoms with Crippen LogP contribution in [-0.4, -0.2) is 36.3 Å². The van der Waals surface area contributed by atoms with Gasteiger partial charge in [-0.1, -0.05) is 0 Å². The lowest BCUT2D eigenvalue weighted by atomic mass is 10.1. The molecule has 0 saturated carbocycles. The molecule has 2 amide bonds. The molecule has 8 heteroatoms. The third-order valence-corrected chi connectivity index (χ3v) is 3.15. The molecule has 0 aliphatic carbocycles. The molecule has 1 aromatic rings. The Morgan fingerprint density at radius 2 is 2.05 bits per heavy atom. The molecule has 0 aromatic heterocycles. The van der Waals surface area contributed by atoms with Gasteiger partial charge in [-0.25, -0.2) is 0 Å². The molecule has 0 unspecified atom stereocenters. The number of nitrogens with one attached hydrogen (secondary N) is 1. The second kappa shape index (κ2) is 5.63. The Morgan fingerprint density at radius 3 is 2.71 bits per heavy atom. The van der Waals surface area contributed by atoms with E-state index in [4.69, 9.17) is 5.73 Å². The molecular formula is C13H14F3N3O2. The Balaban J connectivity index is 2.29. The van der Waals surface area contributed by atoms with Gasteiger partial charge in [-0.05, 0) is 24.6 Å². The smallest absolute Gasteiger partial charge is 0.398 e. The van der Waals surface area contributed by atoms with E-state index in [-0.39, 0.29) is 18.0 Å². The highest BCUT2D eigenvalue weighted by molar-refractivity contribution is 5.97. The minimum atomic E-state index is -4.63. The van der Waals surface area contributed by atoms with Crippen LogP contribution in [0.15, 0.2) is 18.2 Å². The molecule has 1 aliphatic rings. The quantitative estimate of drug-likeness (QED) is 0.767. The first-order valence-electron chi connectivity index (χ1n) is 6.32. The molecule has 2 rings (SSSR count). The number of nitrogens with two attached hydrogens (primary N) is 1. The maximum atomic E-state index is 12.8. The van der Waals surface area contributed by atoms with Crippen LogP contribution < -0.4 is 11.1 Å². The number of carbonyl (C=O) groups is 2. The number of anilines is 1. The second-order valence-corrected chi connectivity index (χ2v) is 4.73. The minimum Gasteiger partial charge on any atom is -0.398 e. The van der Waals surface area contributed by atoms with Crippen molar-refractivity contribution < 1.29 is 22.8 Å². The Kier molecular flexibility index (Phi) is 4.06. The molecule has 1 aromatic carbocycles. The number of carbonyl (C=O) groups excluding carboxylic acids is 2. The van der Waals surface area contributed by atoms with Gasteiger partial charge < -0.3 is 16.0 Å². The van der Waals surface area contributed by atoms with E-state index in [2.05, 4.69) is 5.32 Å². The first-order chi connectivity index (χ1) is 9.79. The zero-order valence-electron chi connectivity index (χ0n) is 11.0. The fourth-order valence-corrected chi connectivity index (χ4v) is 2.10. The van der Waals surface area contributed by atoms with Gasteiger partial charge in [-0.3, -0.25) is 9.59 Å². The van der Waals surface area contributed by atoms with Gasteiger partial charge in [0.15, 0.2) is 0 Å². The number of amides is 2. The van der Waals surface area contributed by atoms with Crippen molar-refractivity contribution in [3.8, 4) is 0 Å². The topological polar surface area (TPSA) is 75.4 Å². The molecule has 0 radical (unpaired) electrons. The highest BCUT2D eigenvalue weighted by Crippen LogP contribution is 2.34. The second-order valence-electron chi connectivity index (χ2n) is 4.73. The molecule has 114 valence electrons. The molecule has 1 fully saturated rings. The Bertz CT molecular complexity index is 572. The van der Waals surface area contributed by atoms with Crippen LogP contribution in [-0.2, 0) is 11.0 Å². The molecule has 21 heavy (non-hydrogen) atoms. The van der Waals surface area contributed by atoms with E-state index in [1.54, 1.807) is 0 Å². The first kappa shape index (κ1) is 15.1. The summed E-state index contributed by atoms with van der Waals surface area (Å²) in [4.78, 5) is 24.9. The predicted molar refractivity (Wildman–Crippen MR) is 69.4 cm³/mol. The number of halogens is 3. The minimum absolute atomic E-state index is 0.133. The van der Waals surface area contributed by atoms with Crippen molar-refractivity contribution in [1.29, 1.82) is 0 Å². The van der Waals surface area contributed by atoms with Gasteiger partial charge in [0.2, 0.25) is 5.91 Å². The third-order valence-electron chi connectivity index (χ3n) is 3.15. The van der Waals surface area contributed by atoms with Crippen molar-refractivity contribution >= 4 is 17.5 Å². The van der Waals surface area contributed by atoms with Gasteiger partial charge in [0, 0.05) is 24.3 Å². The lowest BCUT2D eigenvalue weighted by Crippen LogP contribution is -2.37. The Labute approximate surface area is 118 Å². The van der Waals surface area contributed by atoms with Gasteiger partial charge in [0.1, 0.15) is 0 Å². The van der Waals surface area contributed by atoms with Crippen LogP contribution in [0.4, 0.5) is 18.9 Å². The maximum Gasteiger partial charge on any atom is 0.418 e. The fourth-order valence-electron chi connectivity index (χ4n) is 2.10. The van der Waals surface area contributed by atoms with Crippen LogP contribution in [0.2, 0.25) is 0 Å². The highest BCUT2D eigenvalue weighted by Gasteiger charge is 2.34. The zero-order chi connectivity index (χ0) is 15.6. The van der Waals surface area contributed by atoms with Gasteiger partial charge >= 0.3 is 6.18 Å². The normalized spacial score (nSPS) is 16.3. The molecule has 1 heterocycles. The number of rotatable bonds is 1. The van der Waals surface area contributed by atoms with Crippen molar-refractivity contribution in [2.24, 2.45) is 0 Å². The van der Waals surface area contributed by atoms with Crippen molar-refractivity contribution in [3.05, 3.63) is 29.3 Å². The summed E-state index contributed by atoms with van der Waals surface area (Å²) in [7, 11) is 0. The lowest BCUT2D eigenvalue weighted by Gasteiger charge is -2.20.